The molecule has 25 heavy (non-hydrogen) atoms. The summed E-state index contributed by atoms with van der Waals surface area (Å²) < 4.78 is 5.41. The normalized spacial score (nSPS) is 20.8. The summed E-state index contributed by atoms with van der Waals surface area (Å²) in [6.07, 6.45) is 0. The van der Waals surface area contributed by atoms with E-state index in [2.05, 4.69) is 36.7 Å². The lowest BCUT2D eigenvalue weighted by Gasteiger charge is -2.41. The largest absolute Gasteiger partial charge is 0.383 e. The second kappa shape index (κ2) is 10.3. The molecule has 1 aromatic heterocycles. The van der Waals surface area contributed by atoms with Crippen molar-refractivity contribution in [1.82, 2.24) is 15.2 Å². The molecular weight excluding hydrogens is 312 g/mol. The molecule has 2 unspecified atom stereocenters. The molecule has 0 aliphatic carbocycles. The number of hydrogen-bond acceptors (Lipinski definition) is 4. The van der Waals surface area contributed by atoms with E-state index in [-0.39, 0.29) is 6.04 Å². The zero-order chi connectivity index (χ0) is 19.0. The van der Waals surface area contributed by atoms with Crippen molar-refractivity contribution in [2.45, 2.75) is 53.6 Å². The van der Waals surface area contributed by atoms with Gasteiger partial charge in [0.05, 0.1) is 12.6 Å². The number of ether oxygens (including phenoxy) is 1. The van der Waals surface area contributed by atoms with E-state index >= 15 is 0 Å². The van der Waals surface area contributed by atoms with Crippen molar-refractivity contribution in [2.24, 2.45) is 4.99 Å². The Kier molecular flexibility index (Phi) is 8.79. The van der Waals surface area contributed by atoms with Crippen molar-refractivity contribution in [1.29, 1.82) is 0 Å². The number of aliphatic imine (C=N–C) groups is 1. The maximum atomic E-state index is 5.41. The number of nitrogens with zero attached hydrogens (tertiary/aromatic N) is 3. The van der Waals surface area contributed by atoms with E-state index in [1.807, 2.05) is 33.8 Å². The van der Waals surface area contributed by atoms with Crippen LogP contribution in [-0.2, 0) is 4.74 Å². The Morgan fingerprint density at radius 1 is 1.40 bits per heavy atom. The van der Waals surface area contributed by atoms with Gasteiger partial charge in [-0.2, -0.15) is 0 Å². The monoisotopic (exact) mass is 346 g/mol. The van der Waals surface area contributed by atoms with E-state index in [1.54, 1.807) is 7.11 Å². The molecule has 1 aliphatic heterocycles. The van der Waals surface area contributed by atoms with Crippen molar-refractivity contribution < 1.29 is 4.74 Å². The van der Waals surface area contributed by atoms with E-state index in [4.69, 9.17) is 14.7 Å². The van der Waals surface area contributed by atoms with E-state index in [9.17, 15) is 0 Å². The molecule has 0 radical (unpaired) electrons. The number of nitrogens with one attached hydrogen (secondary N) is 1. The molecule has 5 heteroatoms. The fourth-order valence-electron chi connectivity index (χ4n) is 2.84. The standard InChI is InChI=1S/C18H28N4O.C2H6/c1-12(2)20-18(17-13(3)7-8-14(4)21-17)22-10-15(5)19-9-16(22)11-23-6;1-2/h7-8,15-16,19H,1,9-11H2,2-6H3;1-2H3. The molecule has 2 rings (SSSR count). The highest BCUT2D eigenvalue weighted by Gasteiger charge is 2.30. The number of aromatic nitrogens is 1. The molecule has 1 fully saturated rings. The topological polar surface area (TPSA) is 49.8 Å². The van der Waals surface area contributed by atoms with Gasteiger partial charge in [0.1, 0.15) is 5.69 Å². The lowest BCUT2D eigenvalue weighted by Crippen LogP contribution is -2.59. The average molecular weight is 347 g/mol. The molecule has 0 bridgehead atoms. The van der Waals surface area contributed by atoms with Crippen LogP contribution in [-0.4, -0.2) is 54.6 Å². The van der Waals surface area contributed by atoms with E-state index in [0.29, 0.717) is 12.6 Å². The third-order valence-corrected chi connectivity index (χ3v) is 3.99. The molecule has 0 saturated carbocycles. The summed E-state index contributed by atoms with van der Waals surface area (Å²) in [5, 5.41) is 3.51. The minimum Gasteiger partial charge on any atom is -0.383 e. The summed E-state index contributed by atoms with van der Waals surface area (Å²) in [5.74, 6) is 0.897. The number of rotatable bonds is 4. The lowest BCUT2D eigenvalue weighted by atomic mass is 10.1. The van der Waals surface area contributed by atoms with Gasteiger partial charge in [0.2, 0.25) is 0 Å². The Hall–Kier alpha value is -1.72. The molecular formula is C20H34N4O. The highest BCUT2D eigenvalue weighted by atomic mass is 16.5. The first-order valence-electron chi connectivity index (χ1n) is 9.10. The Bertz CT molecular complexity index is 597. The summed E-state index contributed by atoms with van der Waals surface area (Å²) in [4.78, 5) is 11.8. The number of aryl methyl sites for hydroxylation is 2. The number of amidine groups is 1. The van der Waals surface area contributed by atoms with Crippen molar-refractivity contribution in [3.63, 3.8) is 0 Å². The number of pyridine rings is 1. The zero-order valence-electron chi connectivity index (χ0n) is 16.9. The molecule has 1 aliphatic rings. The molecule has 1 N–H and O–H groups in total. The van der Waals surface area contributed by atoms with Crippen LogP contribution in [0.25, 0.3) is 0 Å². The number of allylic oxidation sites excluding steroid dienone is 1. The van der Waals surface area contributed by atoms with E-state index in [1.165, 1.54) is 0 Å². The van der Waals surface area contributed by atoms with Gasteiger partial charge in [-0.3, -0.25) is 0 Å². The van der Waals surface area contributed by atoms with Gasteiger partial charge in [-0.15, -0.1) is 0 Å². The maximum absolute atomic E-state index is 5.41. The SMILES string of the molecule is C=C(C)N=C(c1nc(C)ccc1C)N1CC(C)NCC1COC.CC. The van der Waals surface area contributed by atoms with Crippen LogP contribution < -0.4 is 5.32 Å². The first kappa shape index (κ1) is 21.3. The van der Waals surface area contributed by atoms with Crippen molar-refractivity contribution in [3.8, 4) is 0 Å². The van der Waals surface area contributed by atoms with Gasteiger partial charge in [0, 0.05) is 37.6 Å². The van der Waals surface area contributed by atoms with Gasteiger partial charge in [-0.25, -0.2) is 9.98 Å². The molecule has 0 amide bonds. The van der Waals surface area contributed by atoms with Crippen molar-refractivity contribution >= 4 is 5.84 Å². The van der Waals surface area contributed by atoms with Gasteiger partial charge in [-0.05, 0) is 39.3 Å². The third-order valence-electron chi connectivity index (χ3n) is 3.99. The predicted octanol–water partition coefficient (Wildman–Crippen LogP) is 3.31. The zero-order valence-corrected chi connectivity index (χ0v) is 16.9. The predicted molar refractivity (Wildman–Crippen MR) is 106 cm³/mol. The smallest absolute Gasteiger partial charge is 0.155 e. The second-order valence-electron chi connectivity index (χ2n) is 6.36. The van der Waals surface area contributed by atoms with Gasteiger partial charge in [0.15, 0.2) is 5.84 Å². The fraction of sp³-hybridized carbons (Fsp3) is 0.600. The Labute approximate surface area is 153 Å². The minimum atomic E-state index is 0.232. The maximum Gasteiger partial charge on any atom is 0.155 e. The van der Waals surface area contributed by atoms with Crippen LogP contribution in [0.15, 0.2) is 29.4 Å². The number of piperazine rings is 1. The second-order valence-corrected chi connectivity index (χ2v) is 6.36. The summed E-state index contributed by atoms with van der Waals surface area (Å²) in [5.41, 5.74) is 3.83. The van der Waals surface area contributed by atoms with Gasteiger partial charge >= 0.3 is 0 Å². The number of methoxy groups -OCH3 is 1. The average Bonchev–Trinajstić information content (AvgIpc) is 2.58. The van der Waals surface area contributed by atoms with E-state index in [0.717, 1.165) is 41.6 Å². The minimum absolute atomic E-state index is 0.232. The Morgan fingerprint density at radius 2 is 2.08 bits per heavy atom. The van der Waals surface area contributed by atoms with Gasteiger partial charge in [0.25, 0.3) is 0 Å². The highest BCUT2D eigenvalue weighted by molar-refractivity contribution is 5.99. The van der Waals surface area contributed by atoms with Crippen LogP contribution in [0.5, 0.6) is 0 Å². The lowest BCUT2D eigenvalue weighted by molar-refractivity contribution is 0.103. The summed E-state index contributed by atoms with van der Waals surface area (Å²) in [7, 11) is 1.74. The summed E-state index contributed by atoms with van der Waals surface area (Å²) in [6.45, 7) is 18.6. The van der Waals surface area contributed by atoms with Crippen LogP contribution in [0.1, 0.15) is 44.6 Å². The fourth-order valence-corrected chi connectivity index (χ4v) is 2.84. The number of hydrogen-bond donors (Lipinski definition) is 1. The van der Waals surface area contributed by atoms with Gasteiger partial charge in [-0.1, -0.05) is 26.5 Å². The molecule has 0 spiro atoms. The van der Waals surface area contributed by atoms with Crippen molar-refractivity contribution in [3.05, 3.63) is 41.4 Å². The molecule has 2 heterocycles. The molecule has 2 atom stereocenters. The molecule has 5 nitrogen and oxygen atoms in total. The van der Waals surface area contributed by atoms with Gasteiger partial charge < -0.3 is 15.0 Å². The summed E-state index contributed by atoms with van der Waals surface area (Å²) >= 11 is 0. The van der Waals surface area contributed by atoms with Crippen LogP contribution in [0.3, 0.4) is 0 Å². The molecule has 1 saturated heterocycles. The van der Waals surface area contributed by atoms with Crippen LogP contribution >= 0.6 is 0 Å². The van der Waals surface area contributed by atoms with Crippen LogP contribution in [0.2, 0.25) is 0 Å². The first-order chi connectivity index (χ1) is 11.9. The first-order valence-corrected chi connectivity index (χ1v) is 9.10. The quantitative estimate of drug-likeness (QED) is 0.671. The molecule has 0 aromatic carbocycles. The summed E-state index contributed by atoms with van der Waals surface area (Å²) in [6, 6.07) is 4.76. The van der Waals surface area contributed by atoms with Crippen LogP contribution in [0.4, 0.5) is 0 Å². The van der Waals surface area contributed by atoms with E-state index < -0.39 is 0 Å². The van der Waals surface area contributed by atoms with Crippen LogP contribution in [0, 0.1) is 13.8 Å². The third kappa shape index (κ3) is 5.94. The van der Waals surface area contributed by atoms with Crippen molar-refractivity contribution in [2.75, 3.05) is 26.8 Å². The Morgan fingerprint density at radius 3 is 2.68 bits per heavy atom. The molecule has 1 aromatic rings. The Balaban J connectivity index is 0.00000151. The highest BCUT2D eigenvalue weighted by Crippen LogP contribution is 2.17. The molecule has 140 valence electrons.